The molecule has 0 fully saturated rings. The second-order valence-electron chi connectivity index (χ2n) is 7.58. The van der Waals surface area contributed by atoms with Crippen LogP contribution in [0.4, 0.5) is 4.79 Å². The fraction of sp³-hybridized carbons (Fsp3) is 0.609. The summed E-state index contributed by atoms with van der Waals surface area (Å²) in [5, 5.41) is 6.05. The average molecular weight is 407 g/mol. The van der Waals surface area contributed by atoms with Crippen LogP contribution in [0.5, 0.6) is 0 Å². The van der Waals surface area contributed by atoms with Gasteiger partial charge in [-0.05, 0) is 51.5 Å². The second kappa shape index (κ2) is 14.6. The number of carbonyl (C=O) groups excluding carboxylic acids is 2. The number of benzene rings is 1. The quantitative estimate of drug-likeness (QED) is 0.188. The predicted molar refractivity (Wildman–Crippen MR) is 118 cm³/mol. The van der Waals surface area contributed by atoms with Crippen molar-refractivity contribution >= 4 is 17.8 Å². The van der Waals surface area contributed by atoms with Crippen LogP contribution in [0, 0.1) is 5.41 Å². The lowest BCUT2D eigenvalue weighted by Crippen LogP contribution is -2.31. The number of ether oxygens (including phenoxy) is 1. The molecule has 29 heavy (non-hydrogen) atoms. The van der Waals surface area contributed by atoms with Gasteiger partial charge in [-0.3, -0.25) is 9.63 Å². The average Bonchev–Trinajstić information content (AvgIpc) is 2.75. The molecule has 0 heterocycles. The highest BCUT2D eigenvalue weighted by molar-refractivity contribution is 5.81. The van der Waals surface area contributed by atoms with Gasteiger partial charge < -0.3 is 10.1 Å². The van der Waals surface area contributed by atoms with Crippen LogP contribution in [0.25, 0.3) is 0 Å². The summed E-state index contributed by atoms with van der Waals surface area (Å²) < 4.78 is 5.05. The fourth-order valence-corrected chi connectivity index (χ4v) is 1.87. The van der Waals surface area contributed by atoms with Crippen LogP contribution >= 0.6 is 0 Å². The largest absolute Gasteiger partial charge is 0.463 e. The zero-order chi connectivity index (χ0) is 22.3. The van der Waals surface area contributed by atoms with Gasteiger partial charge in [0.25, 0.3) is 0 Å². The topological polar surface area (TPSA) is 77.0 Å². The molecule has 6 heteroatoms. The molecule has 0 aliphatic carbocycles. The van der Waals surface area contributed by atoms with Gasteiger partial charge in [-0.2, -0.15) is 0 Å². The van der Waals surface area contributed by atoms with E-state index in [0.29, 0.717) is 12.3 Å². The molecule has 0 radical (unpaired) electrons. The number of nitrogens with one attached hydrogen (secondary N) is 1. The molecule has 0 aliphatic heterocycles. The van der Waals surface area contributed by atoms with E-state index in [1.165, 1.54) is 12.0 Å². The molecule has 0 bridgehead atoms. The first-order chi connectivity index (χ1) is 13.7. The molecule has 1 unspecified atom stereocenters. The minimum Gasteiger partial charge on any atom is -0.463 e. The number of carbonyl (C=O) groups is 2. The van der Waals surface area contributed by atoms with Crippen LogP contribution in [0.3, 0.4) is 0 Å². The summed E-state index contributed by atoms with van der Waals surface area (Å²) in [7, 11) is 0. The summed E-state index contributed by atoms with van der Waals surface area (Å²) in [6, 6.07) is 10.6. The maximum absolute atomic E-state index is 11.6. The number of nitrogens with zero attached hydrogens (tertiary/aromatic N) is 1. The molecule has 0 aromatic heterocycles. The van der Waals surface area contributed by atoms with Crippen molar-refractivity contribution < 1.29 is 19.2 Å². The number of hydrogen-bond acceptors (Lipinski definition) is 5. The fourth-order valence-electron chi connectivity index (χ4n) is 1.87. The molecule has 1 N–H and O–H groups in total. The molecule has 1 amide bonds. The van der Waals surface area contributed by atoms with Crippen molar-refractivity contribution in [1.29, 1.82) is 0 Å². The Kier molecular flexibility index (Phi) is 13.4. The van der Waals surface area contributed by atoms with E-state index in [-0.39, 0.29) is 19.1 Å². The third kappa shape index (κ3) is 11.9. The Morgan fingerprint density at radius 3 is 2.28 bits per heavy atom. The molecular weight excluding hydrogens is 368 g/mol. The normalized spacial score (nSPS) is 12.3. The van der Waals surface area contributed by atoms with E-state index in [2.05, 4.69) is 59.5 Å². The van der Waals surface area contributed by atoms with Crippen LogP contribution in [-0.2, 0) is 14.4 Å². The van der Waals surface area contributed by atoms with Gasteiger partial charge in [0.15, 0.2) is 0 Å². The molecule has 1 atom stereocenters. The zero-order valence-corrected chi connectivity index (χ0v) is 19.1. The zero-order valence-electron chi connectivity index (χ0n) is 19.1. The molecule has 0 saturated heterocycles. The SMILES string of the molecule is CC/C(C)=N\OC(=O)NCCOC(=O)C(C)(C)CC.CCC(C)c1ccccc1. The maximum Gasteiger partial charge on any atom is 0.433 e. The van der Waals surface area contributed by atoms with Crippen molar-refractivity contribution in [3.63, 3.8) is 0 Å². The van der Waals surface area contributed by atoms with Crippen molar-refractivity contribution in [1.82, 2.24) is 5.32 Å². The lowest BCUT2D eigenvalue weighted by atomic mass is 9.91. The minimum atomic E-state index is -0.654. The number of esters is 1. The number of oxime groups is 1. The van der Waals surface area contributed by atoms with Crippen LogP contribution in [0.15, 0.2) is 35.5 Å². The summed E-state index contributed by atoms with van der Waals surface area (Å²) in [6.45, 7) is 14.0. The highest BCUT2D eigenvalue weighted by Gasteiger charge is 2.26. The summed E-state index contributed by atoms with van der Waals surface area (Å²) in [5.41, 5.74) is 1.68. The van der Waals surface area contributed by atoms with E-state index in [4.69, 9.17) is 4.74 Å². The van der Waals surface area contributed by atoms with Crippen molar-refractivity contribution in [3.05, 3.63) is 35.9 Å². The van der Waals surface area contributed by atoms with E-state index in [1.807, 2.05) is 27.7 Å². The summed E-state index contributed by atoms with van der Waals surface area (Å²) in [5.74, 6) is 0.436. The van der Waals surface area contributed by atoms with E-state index in [1.54, 1.807) is 6.92 Å². The molecule has 0 spiro atoms. The van der Waals surface area contributed by atoms with Gasteiger partial charge in [-0.15, -0.1) is 0 Å². The van der Waals surface area contributed by atoms with Crippen LogP contribution in [0.2, 0.25) is 0 Å². The smallest absolute Gasteiger partial charge is 0.433 e. The van der Waals surface area contributed by atoms with Gasteiger partial charge in [0.05, 0.1) is 17.7 Å². The van der Waals surface area contributed by atoms with Crippen molar-refractivity contribution in [2.45, 2.75) is 73.6 Å². The first-order valence-corrected chi connectivity index (χ1v) is 10.4. The summed E-state index contributed by atoms with van der Waals surface area (Å²) in [6.07, 6.45) is 1.99. The Bertz CT molecular complexity index is 627. The van der Waals surface area contributed by atoms with Crippen molar-refractivity contribution in [2.24, 2.45) is 10.6 Å². The van der Waals surface area contributed by atoms with E-state index in [0.717, 1.165) is 12.1 Å². The standard InChI is InChI=1S/C13H24N2O4.C10H14/c1-6-10(3)15-19-12(17)14-8-9-18-11(16)13(4,5)7-2;1-3-9(2)10-7-5-4-6-8-10/h6-9H2,1-5H3,(H,14,17);4-9H,3H2,1-2H3/b15-10-;. The molecule has 1 rings (SSSR count). The van der Waals surface area contributed by atoms with Crippen molar-refractivity contribution in [2.75, 3.05) is 13.2 Å². The predicted octanol–water partition coefficient (Wildman–Crippen LogP) is 5.68. The molecular formula is C23H38N2O4. The number of hydrogen-bond donors (Lipinski definition) is 1. The number of amides is 1. The Balaban J connectivity index is 0.000000651. The van der Waals surface area contributed by atoms with E-state index >= 15 is 0 Å². The Labute approximate surface area is 176 Å². The minimum absolute atomic E-state index is 0.119. The van der Waals surface area contributed by atoms with Gasteiger partial charge in [-0.1, -0.05) is 63.2 Å². The number of rotatable bonds is 9. The first-order valence-electron chi connectivity index (χ1n) is 10.4. The van der Waals surface area contributed by atoms with E-state index in [9.17, 15) is 9.59 Å². The van der Waals surface area contributed by atoms with Crippen LogP contribution < -0.4 is 5.32 Å². The molecule has 1 aromatic carbocycles. The van der Waals surface area contributed by atoms with Crippen LogP contribution in [-0.4, -0.2) is 30.9 Å². The third-order valence-corrected chi connectivity index (χ3v) is 4.82. The summed E-state index contributed by atoms with van der Waals surface area (Å²) in [4.78, 5) is 27.4. The second-order valence-corrected chi connectivity index (χ2v) is 7.58. The lowest BCUT2D eigenvalue weighted by Gasteiger charge is -2.20. The molecule has 1 aromatic rings. The highest BCUT2D eigenvalue weighted by atomic mass is 16.7. The Morgan fingerprint density at radius 1 is 1.14 bits per heavy atom. The van der Waals surface area contributed by atoms with Gasteiger partial charge in [0, 0.05) is 0 Å². The third-order valence-electron chi connectivity index (χ3n) is 4.82. The highest BCUT2D eigenvalue weighted by Crippen LogP contribution is 2.21. The van der Waals surface area contributed by atoms with Gasteiger partial charge >= 0.3 is 12.1 Å². The molecule has 6 nitrogen and oxygen atoms in total. The molecule has 0 saturated carbocycles. The molecule has 0 aliphatic rings. The van der Waals surface area contributed by atoms with Gasteiger partial charge in [0.1, 0.15) is 6.61 Å². The first kappa shape index (κ1) is 26.6. The van der Waals surface area contributed by atoms with Gasteiger partial charge in [0.2, 0.25) is 0 Å². The Hall–Kier alpha value is -2.37. The lowest BCUT2D eigenvalue weighted by molar-refractivity contribution is -0.153. The van der Waals surface area contributed by atoms with Crippen molar-refractivity contribution in [3.8, 4) is 0 Å². The van der Waals surface area contributed by atoms with Crippen LogP contribution in [0.1, 0.15) is 79.2 Å². The maximum atomic E-state index is 11.6. The monoisotopic (exact) mass is 406 g/mol. The van der Waals surface area contributed by atoms with E-state index < -0.39 is 11.5 Å². The van der Waals surface area contributed by atoms with Gasteiger partial charge in [-0.25, -0.2) is 4.79 Å². The Morgan fingerprint density at radius 2 is 1.76 bits per heavy atom. The molecule has 164 valence electrons. The summed E-state index contributed by atoms with van der Waals surface area (Å²) >= 11 is 0.